The van der Waals surface area contributed by atoms with Crippen LogP contribution in [0, 0.1) is 5.92 Å². The number of aromatic nitrogens is 2. The highest BCUT2D eigenvalue weighted by Crippen LogP contribution is 2.27. The average molecular weight is 551 g/mol. The van der Waals surface area contributed by atoms with E-state index >= 15 is 0 Å². The minimum Gasteiger partial charge on any atom is -0.406 e. The van der Waals surface area contributed by atoms with Gasteiger partial charge in [0.2, 0.25) is 11.9 Å². The van der Waals surface area contributed by atoms with E-state index in [2.05, 4.69) is 25.3 Å². The van der Waals surface area contributed by atoms with Crippen LogP contribution < -0.4 is 26.0 Å². The van der Waals surface area contributed by atoms with Crippen LogP contribution in [0.3, 0.4) is 0 Å². The number of halogens is 3. The first-order valence-electron chi connectivity index (χ1n) is 11.8. The number of nitrogens with two attached hydrogens (primary N) is 1. The predicted molar refractivity (Wildman–Crippen MR) is 134 cm³/mol. The van der Waals surface area contributed by atoms with Crippen molar-refractivity contribution < 1.29 is 32.3 Å². The second kappa shape index (κ2) is 11.8. The molecule has 2 aliphatic rings. The van der Waals surface area contributed by atoms with Crippen LogP contribution >= 0.6 is 11.8 Å². The zero-order valence-corrected chi connectivity index (χ0v) is 20.8. The number of hydrogen-bond acceptors (Lipinski definition) is 9. The van der Waals surface area contributed by atoms with E-state index in [0.717, 1.165) is 11.8 Å². The lowest BCUT2D eigenvalue weighted by Gasteiger charge is -2.34. The van der Waals surface area contributed by atoms with E-state index in [9.17, 15) is 27.6 Å². The molecule has 202 valence electrons. The number of anilines is 1. The Labute approximate surface area is 220 Å². The van der Waals surface area contributed by atoms with E-state index in [1.165, 1.54) is 24.3 Å². The molecule has 2 aliphatic heterocycles. The number of ether oxygens (including phenoxy) is 1. The third-order valence-electron chi connectivity index (χ3n) is 6.06. The number of piperidine rings is 1. The summed E-state index contributed by atoms with van der Waals surface area (Å²) in [6.07, 6.45) is -0.149. The van der Waals surface area contributed by atoms with Crippen molar-refractivity contribution in [3.8, 4) is 5.75 Å². The lowest BCUT2D eigenvalue weighted by molar-refractivity contribution is -0.274. The topological polar surface area (TPSA) is 140 Å². The molecule has 0 radical (unpaired) electrons. The molecule has 3 heterocycles. The van der Waals surface area contributed by atoms with Gasteiger partial charge < -0.3 is 20.7 Å². The standard InChI is InChI=1S/C24H25F3N6O4S/c25-24(26,27)37-17-3-1-2-14(10-17)13-30-20(34)12-18(28)15-5-8-33(9-6-15)22-29-7-4-16(31-22)11-19-21(35)32-23(36)38-19/h1-4,7,10-11,15,18H,5-6,8-9,12-13,28H2,(H,30,34)(H,32,35,36)/b19-11+. The fourth-order valence-electron chi connectivity index (χ4n) is 4.18. The molecule has 0 saturated carbocycles. The van der Waals surface area contributed by atoms with Gasteiger partial charge in [-0.2, -0.15) is 0 Å². The summed E-state index contributed by atoms with van der Waals surface area (Å²) >= 11 is 0.817. The summed E-state index contributed by atoms with van der Waals surface area (Å²) < 4.78 is 41.1. The van der Waals surface area contributed by atoms with Gasteiger partial charge in [0.1, 0.15) is 5.75 Å². The third kappa shape index (κ3) is 7.68. The van der Waals surface area contributed by atoms with Crippen LogP contribution in [-0.4, -0.2) is 52.5 Å². The summed E-state index contributed by atoms with van der Waals surface area (Å²) in [7, 11) is 0. The molecule has 14 heteroatoms. The predicted octanol–water partition coefficient (Wildman–Crippen LogP) is 2.95. The maximum Gasteiger partial charge on any atom is 0.573 e. The lowest BCUT2D eigenvalue weighted by atomic mass is 9.88. The van der Waals surface area contributed by atoms with Crippen LogP contribution in [0.25, 0.3) is 6.08 Å². The van der Waals surface area contributed by atoms with Gasteiger partial charge in [-0.15, -0.1) is 13.2 Å². The maximum absolute atomic E-state index is 12.4. The number of nitrogens with zero attached hydrogens (tertiary/aromatic N) is 3. The van der Waals surface area contributed by atoms with Gasteiger partial charge in [0.15, 0.2) is 0 Å². The van der Waals surface area contributed by atoms with Crippen LogP contribution in [0.15, 0.2) is 41.4 Å². The average Bonchev–Trinajstić information content (AvgIpc) is 3.18. The van der Waals surface area contributed by atoms with Gasteiger partial charge in [-0.05, 0) is 60.4 Å². The number of rotatable bonds is 8. The van der Waals surface area contributed by atoms with Gasteiger partial charge in [-0.1, -0.05) is 12.1 Å². The molecule has 2 aromatic rings. The number of carbonyl (C=O) groups excluding carboxylic acids is 3. The van der Waals surface area contributed by atoms with E-state index in [4.69, 9.17) is 5.73 Å². The highest BCUT2D eigenvalue weighted by atomic mass is 32.2. The van der Waals surface area contributed by atoms with E-state index in [1.54, 1.807) is 18.3 Å². The molecule has 1 aromatic heterocycles. The summed E-state index contributed by atoms with van der Waals surface area (Å²) in [6, 6.07) is 6.68. The van der Waals surface area contributed by atoms with Gasteiger partial charge in [-0.25, -0.2) is 9.97 Å². The number of thioether (sulfide) groups is 1. The van der Waals surface area contributed by atoms with Gasteiger partial charge in [0, 0.05) is 38.3 Å². The fraction of sp³-hybridized carbons (Fsp3) is 0.375. The van der Waals surface area contributed by atoms with Crippen molar-refractivity contribution in [3.05, 3.63) is 52.7 Å². The second-order valence-electron chi connectivity index (χ2n) is 8.80. The van der Waals surface area contributed by atoms with Crippen molar-refractivity contribution in [3.63, 3.8) is 0 Å². The summed E-state index contributed by atoms with van der Waals surface area (Å²) in [5.41, 5.74) is 7.28. The molecule has 4 rings (SSSR count). The van der Waals surface area contributed by atoms with E-state index < -0.39 is 17.5 Å². The Bertz CT molecular complexity index is 1230. The molecule has 0 spiro atoms. The minimum absolute atomic E-state index is 0.0528. The van der Waals surface area contributed by atoms with Crippen molar-refractivity contribution in [2.24, 2.45) is 11.7 Å². The Hall–Kier alpha value is -3.65. The number of hydrogen-bond donors (Lipinski definition) is 3. The van der Waals surface area contributed by atoms with Gasteiger partial charge in [0.25, 0.3) is 11.1 Å². The fourth-order valence-corrected chi connectivity index (χ4v) is 4.85. The zero-order chi connectivity index (χ0) is 27.3. The first kappa shape index (κ1) is 27.4. The molecule has 2 saturated heterocycles. The monoisotopic (exact) mass is 550 g/mol. The van der Waals surface area contributed by atoms with Crippen LogP contribution in [-0.2, 0) is 16.1 Å². The number of amides is 3. The molecule has 2 fully saturated rings. The smallest absolute Gasteiger partial charge is 0.406 e. The Morgan fingerprint density at radius 1 is 1.29 bits per heavy atom. The highest BCUT2D eigenvalue weighted by molar-refractivity contribution is 8.18. The van der Waals surface area contributed by atoms with E-state index in [-0.39, 0.29) is 41.5 Å². The molecule has 38 heavy (non-hydrogen) atoms. The van der Waals surface area contributed by atoms with Crippen molar-refractivity contribution in [1.29, 1.82) is 0 Å². The van der Waals surface area contributed by atoms with Crippen LogP contribution in [0.2, 0.25) is 0 Å². The van der Waals surface area contributed by atoms with Crippen LogP contribution in [0.1, 0.15) is 30.5 Å². The summed E-state index contributed by atoms with van der Waals surface area (Å²) in [5.74, 6) is -0.510. The molecule has 0 bridgehead atoms. The normalized spacial score (nSPS) is 18.4. The molecule has 1 atom stereocenters. The van der Waals surface area contributed by atoms with Crippen molar-refractivity contribution >= 4 is 40.8 Å². The van der Waals surface area contributed by atoms with Gasteiger partial charge >= 0.3 is 6.36 Å². The molecular weight excluding hydrogens is 525 g/mol. The number of carbonyl (C=O) groups is 3. The number of benzene rings is 1. The van der Waals surface area contributed by atoms with Crippen LogP contribution in [0.4, 0.5) is 23.9 Å². The first-order chi connectivity index (χ1) is 18.1. The highest BCUT2D eigenvalue weighted by Gasteiger charge is 2.31. The van der Waals surface area contributed by atoms with Crippen molar-refractivity contribution in [2.45, 2.75) is 38.2 Å². The molecule has 10 nitrogen and oxygen atoms in total. The summed E-state index contributed by atoms with van der Waals surface area (Å²) in [6.45, 7) is 1.30. The Balaban J connectivity index is 1.24. The van der Waals surface area contributed by atoms with Gasteiger partial charge in [0.05, 0.1) is 10.6 Å². The Morgan fingerprint density at radius 2 is 2.05 bits per heavy atom. The van der Waals surface area contributed by atoms with Crippen molar-refractivity contribution in [2.75, 3.05) is 18.0 Å². The zero-order valence-electron chi connectivity index (χ0n) is 20.0. The number of alkyl halides is 3. The minimum atomic E-state index is -4.79. The SMILES string of the molecule is NC(CC(=O)NCc1cccc(OC(F)(F)F)c1)C1CCN(c2nccc(/C=C3/SC(=O)NC3=O)n2)CC1. The van der Waals surface area contributed by atoms with Gasteiger partial charge in [-0.3, -0.25) is 19.7 Å². The third-order valence-corrected chi connectivity index (χ3v) is 6.87. The summed E-state index contributed by atoms with van der Waals surface area (Å²) in [5, 5.41) is 4.47. The largest absolute Gasteiger partial charge is 0.573 e. The second-order valence-corrected chi connectivity index (χ2v) is 9.81. The lowest BCUT2D eigenvalue weighted by Crippen LogP contribution is -2.43. The maximum atomic E-state index is 12.4. The van der Waals surface area contributed by atoms with Crippen LogP contribution in [0.5, 0.6) is 5.75 Å². The molecule has 3 amide bonds. The quantitative estimate of drug-likeness (QED) is 0.423. The molecule has 1 aromatic carbocycles. The number of nitrogens with one attached hydrogen (secondary N) is 2. The van der Waals surface area contributed by atoms with Crippen molar-refractivity contribution in [1.82, 2.24) is 20.6 Å². The Kier molecular flexibility index (Phi) is 8.52. The number of imide groups is 1. The Morgan fingerprint density at radius 3 is 2.74 bits per heavy atom. The molecule has 0 aliphatic carbocycles. The summed E-state index contributed by atoms with van der Waals surface area (Å²) in [4.78, 5) is 46.6. The van der Waals surface area contributed by atoms with E-state index in [0.29, 0.717) is 43.1 Å². The first-order valence-corrected chi connectivity index (χ1v) is 12.6. The molecular formula is C24H25F3N6O4S. The van der Waals surface area contributed by atoms with E-state index in [1.807, 2.05) is 4.90 Å². The molecule has 4 N–H and O–H groups in total. The molecule has 1 unspecified atom stereocenters.